The predicted octanol–water partition coefficient (Wildman–Crippen LogP) is 4.12. The highest BCUT2D eigenvalue weighted by molar-refractivity contribution is 6.51. The number of amides is 1. The number of aliphatic hydroxyl groups excluding tert-OH is 1. The normalized spacial score (nSPS) is 17.0. The molecule has 1 amide bonds. The van der Waals surface area contributed by atoms with E-state index in [0.717, 1.165) is 0 Å². The summed E-state index contributed by atoms with van der Waals surface area (Å²) in [5, 5.41) is 11.3. The lowest BCUT2D eigenvalue weighted by Crippen LogP contribution is -2.29. The van der Waals surface area contributed by atoms with Gasteiger partial charge in [-0.2, -0.15) is 0 Å². The Hall–Kier alpha value is -4.33. The highest BCUT2D eigenvalue weighted by Gasteiger charge is 2.48. The third-order valence-corrected chi connectivity index (χ3v) is 5.48. The van der Waals surface area contributed by atoms with E-state index in [4.69, 9.17) is 14.2 Å². The highest BCUT2D eigenvalue weighted by atomic mass is 16.5. The SMILES string of the molecule is CCOc1cccc(N2C(=O)C(=O)/C(=C(\O)c3ccc(OC)cc3OC)C2c2ccccn2)c1. The molecule has 34 heavy (non-hydrogen) atoms. The number of hydrogen-bond acceptors (Lipinski definition) is 7. The van der Waals surface area contributed by atoms with Crippen LogP contribution in [0.3, 0.4) is 0 Å². The molecule has 0 aliphatic carbocycles. The fraction of sp³-hybridized carbons (Fsp3) is 0.192. The van der Waals surface area contributed by atoms with E-state index in [9.17, 15) is 14.7 Å². The maximum Gasteiger partial charge on any atom is 0.300 e. The molecule has 1 N–H and O–H groups in total. The number of carbonyl (C=O) groups excluding carboxylic acids is 2. The predicted molar refractivity (Wildman–Crippen MR) is 126 cm³/mol. The van der Waals surface area contributed by atoms with Crippen molar-refractivity contribution in [2.24, 2.45) is 0 Å². The summed E-state index contributed by atoms with van der Waals surface area (Å²) in [6.45, 7) is 2.30. The number of anilines is 1. The van der Waals surface area contributed by atoms with Crippen molar-refractivity contribution in [2.75, 3.05) is 25.7 Å². The van der Waals surface area contributed by atoms with Gasteiger partial charge in [0.05, 0.1) is 37.7 Å². The van der Waals surface area contributed by atoms with Gasteiger partial charge in [-0.05, 0) is 43.3 Å². The third kappa shape index (κ3) is 4.05. The van der Waals surface area contributed by atoms with Crippen molar-refractivity contribution in [3.8, 4) is 17.2 Å². The molecule has 8 heteroatoms. The van der Waals surface area contributed by atoms with Crippen LogP contribution < -0.4 is 19.1 Å². The van der Waals surface area contributed by atoms with E-state index in [1.807, 2.05) is 6.92 Å². The average molecular weight is 460 g/mol. The lowest BCUT2D eigenvalue weighted by atomic mass is 9.97. The third-order valence-electron chi connectivity index (χ3n) is 5.48. The van der Waals surface area contributed by atoms with Crippen molar-refractivity contribution in [3.63, 3.8) is 0 Å². The Morgan fingerprint density at radius 1 is 1.00 bits per heavy atom. The molecule has 2 heterocycles. The zero-order valence-electron chi connectivity index (χ0n) is 19.0. The van der Waals surface area contributed by atoms with Gasteiger partial charge in [-0.1, -0.05) is 12.1 Å². The van der Waals surface area contributed by atoms with E-state index in [1.54, 1.807) is 66.9 Å². The molecule has 1 unspecified atom stereocenters. The molecular weight excluding hydrogens is 436 g/mol. The van der Waals surface area contributed by atoms with Crippen LogP contribution in [0.25, 0.3) is 5.76 Å². The molecule has 2 aromatic carbocycles. The fourth-order valence-electron chi connectivity index (χ4n) is 3.95. The van der Waals surface area contributed by atoms with Crippen molar-refractivity contribution < 1.29 is 28.9 Å². The van der Waals surface area contributed by atoms with E-state index in [1.165, 1.54) is 19.1 Å². The molecule has 1 aliphatic heterocycles. The zero-order valence-corrected chi connectivity index (χ0v) is 19.0. The number of rotatable bonds is 7. The van der Waals surface area contributed by atoms with Crippen LogP contribution in [0.1, 0.15) is 24.2 Å². The molecule has 0 saturated carbocycles. The van der Waals surface area contributed by atoms with Gasteiger partial charge in [-0.3, -0.25) is 19.5 Å². The molecule has 1 saturated heterocycles. The van der Waals surface area contributed by atoms with Gasteiger partial charge in [0.1, 0.15) is 29.0 Å². The van der Waals surface area contributed by atoms with Crippen LogP contribution in [-0.2, 0) is 9.59 Å². The van der Waals surface area contributed by atoms with E-state index < -0.39 is 17.7 Å². The topological polar surface area (TPSA) is 98.2 Å². The minimum Gasteiger partial charge on any atom is -0.507 e. The van der Waals surface area contributed by atoms with Gasteiger partial charge in [0.15, 0.2) is 0 Å². The largest absolute Gasteiger partial charge is 0.507 e. The van der Waals surface area contributed by atoms with Gasteiger partial charge in [-0.15, -0.1) is 0 Å². The van der Waals surface area contributed by atoms with Gasteiger partial charge >= 0.3 is 0 Å². The van der Waals surface area contributed by atoms with E-state index in [2.05, 4.69) is 4.98 Å². The first-order valence-electron chi connectivity index (χ1n) is 10.7. The fourth-order valence-corrected chi connectivity index (χ4v) is 3.95. The number of hydrogen-bond donors (Lipinski definition) is 1. The van der Waals surface area contributed by atoms with Crippen molar-refractivity contribution >= 4 is 23.1 Å². The van der Waals surface area contributed by atoms with Crippen LogP contribution in [0, 0.1) is 0 Å². The molecule has 0 bridgehead atoms. The summed E-state index contributed by atoms with van der Waals surface area (Å²) in [5.74, 6) is -0.606. The van der Waals surface area contributed by atoms with Crippen LogP contribution in [0.15, 0.2) is 72.4 Å². The number of nitrogens with zero attached hydrogens (tertiary/aromatic N) is 2. The van der Waals surface area contributed by atoms with Gasteiger partial charge in [0.25, 0.3) is 11.7 Å². The Balaban J connectivity index is 1.93. The number of Topliss-reactive ketones (excluding diaryl/α,β-unsaturated/α-hetero) is 1. The smallest absolute Gasteiger partial charge is 0.300 e. The van der Waals surface area contributed by atoms with E-state index in [-0.39, 0.29) is 16.9 Å². The number of benzene rings is 2. The molecule has 0 radical (unpaired) electrons. The quantitative estimate of drug-likeness (QED) is 0.322. The lowest BCUT2D eigenvalue weighted by molar-refractivity contribution is -0.132. The Morgan fingerprint density at radius 3 is 2.50 bits per heavy atom. The molecule has 8 nitrogen and oxygen atoms in total. The van der Waals surface area contributed by atoms with Gasteiger partial charge in [-0.25, -0.2) is 0 Å². The molecule has 1 fully saturated rings. The minimum atomic E-state index is -0.954. The molecule has 174 valence electrons. The first-order valence-corrected chi connectivity index (χ1v) is 10.7. The van der Waals surface area contributed by atoms with Crippen LogP contribution >= 0.6 is 0 Å². The molecule has 3 aromatic rings. The van der Waals surface area contributed by atoms with Crippen LogP contribution in [0.2, 0.25) is 0 Å². The molecule has 4 rings (SSSR count). The summed E-state index contributed by atoms with van der Waals surface area (Å²) < 4.78 is 16.2. The Kier molecular flexibility index (Phi) is 6.49. The molecular formula is C26H24N2O6. The Labute approximate surface area is 197 Å². The number of ketones is 1. The summed E-state index contributed by atoms with van der Waals surface area (Å²) in [4.78, 5) is 32.3. The van der Waals surface area contributed by atoms with Crippen LogP contribution in [0.5, 0.6) is 17.2 Å². The first-order chi connectivity index (χ1) is 16.5. The monoisotopic (exact) mass is 460 g/mol. The Morgan fingerprint density at radius 2 is 1.82 bits per heavy atom. The van der Waals surface area contributed by atoms with Crippen LogP contribution in [0.4, 0.5) is 5.69 Å². The Bertz CT molecular complexity index is 1260. The van der Waals surface area contributed by atoms with Crippen molar-refractivity contribution in [1.82, 2.24) is 4.98 Å². The second-order valence-electron chi connectivity index (χ2n) is 7.42. The van der Waals surface area contributed by atoms with Gasteiger partial charge < -0.3 is 19.3 Å². The van der Waals surface area contributed by atoms with E-state index in [0.29, 0.717) is 35.2 Å². The number of carbonyl (C=O) groups is 2. The standard InChI is InChI=1S/C26H24N2O6/c1-4-34-18-9-7-8-16(14-18)28-23(20-10-5-6-13-27-20)22(25(30)26(28)31)24(29)19-12-11-17(32-2)15-21(19)33-3/h5-15,23,29H,4H2,1-3H3/b24-22-. The summed E-state index contributed by atoms with van der Waals surface area (Å²) in [5.41, 5.74) is 1.04. The molecule has 0 spiro atoms. The van der Waals surface area contributed by atoms with Crippen LogP contribution in [-0.4, -0.2) is 42.6 Å². The lowest BCUT2D eigenvalue weighted by Gasteiger charge is -2.25. The van der Waals surface area contributed by atoms with Gasteiger partial charge in [0, 0.05) is 24.0 Å². The van der Waals surface area contributed by atoms with Crippen molar-refractivity contribution in [2.45, 2.75) is 13.0 Å². The molecule has 1 aliphatic rings. The molecule has 1 aromatic heterocycles. The van der Waals surface area contributed by atoms with E-state index >= 15 is 0 Å². The first kappa shape index (κ1) is 22.8. The number of pyridine rings is 1. The second kappa shape index (κ2) is 9.66. The summed E-state index contributed by atoms with van der Waals surface area (Å²) in [6.07, 6.45) is 1.57. The maximum atomic E-state index is 13.3. The number of ether oxygens (including phenoxy) is 3. The average Bonchev–Trinajstić information content (AvgIpc) is 3.14. The zero-order chi connectivity index (χ0) is 24.2. The van der Waals surface area contributed by atoms with Crippen molar-refractivity contribution in [3.05, 3.63) is 83.7 Å². The second-order valence-corrected chi connectivity index (χ2v) is 7.42. The minimum absolute atomic E-state index is 0.0889. The number of methoxy groups -OCH3 is 2. The summed E-state index contributed by atoms with van der Waals surface area (Å²) >= 11 is 0. The van der Waals surface area contributed by atoms with Crippen molar-refractivity contribution in [1.29, 1.82) is 0 Å². The number of aliphatic hydroxyl groups is 1. The maximum absolute atomic E-state index is 13.3. The summed E-state index contributed by atoms with van der Waals surface area (Å²) in [6, 6.07) is 15.9. The summed E-state index contributed by atoms with van der Waals surface area (Å²) in [7, 11) is 2.96. The van der Waals surface area contributed by atoms with Gasteiger partial charge in [0.2, 0.25) is 0 Å². The highest BCUT2D eigenvalue weighted by Crippen LogP contribution is 2.43. The molecule has 1 atom stereocenters. The number of aromatic nitrogens is 1.